The average Bonchev–Trinajstić information content (AvgIpc) is 3.42. The summed E-state index contributed by atoms with van der Waals surface area (Å²) >= 11 is 1.42. The molecule has 8 heteroatoms. The maximum atomic E-state index is 13.9. The van der Waals surface area contributed by atoms with Crippen molar-refractivity contribution in [1.82, 2.24) is 9.88 Å². The summed E-state index contributed by atoms with van der Waals surface area (Å²) < 4.78 is 1.80. The number of fused-ring (bicyclic) bond motifs is 3. The minimum absolute atomic E-state index is 0.0315. The van der Waals surface area contributed by atoms with Gasteiger partial charge in [0.1, 0.15) is 5.70 Å². The van der Waals surface area contributed by atoms with E-state index in [1.165, 1.54) is 11.8 Å². The minimum Gasteiger partial charge on any atom is -0.378 e. The Morgan fingerprint density at radius 1 is 0.745 bits per heavy atom. The lowest BCUT2D eigenvalue weighted by molar-refractivity contribution is -0.113. The van der Waals surface area contributed by atoms with E-state index in [0.717, 1.165) is 38.0 Å². The molecular weight excluding hydrogens is 605 g/mol. The molecule has 6 rings (SSSR count). The van der Waals surface area contributed by atoms with Crippen molar-refractivity contribution in [3.05, 3.63) is 144 Å². The van der Waals surface area contributed by atoms with Crippen LogP contribution in [0.4, 0.5) is 11.4 Å². The van der Waals surface area contributed by atoms with E-state index in [4.69, 9.17) is 0 Å². The predicted molar refractivity (Wildman–Crippen MR) is 193 cm³/mol. The number of carbonyl (C=O) groups is 3. The summed E-state index contributed by atoms with van der Waals surface area (Å²) in [4.78, 5) is 43.4. The first-order valence-corrected chi connectivity index (χ1v) is 16.1. The minimum atomic E-state index is -0.470. The second kappa shape index (κ2) is 13.8. The Kier molecular flexibility index (Phi) is 9.22. The summed E-state index contributed by atoms with van der Waals surface area (Å²) in [6, 6.07) is 39.7. The van der Waals surface area contributed by atoms with E-state index in [1.807, 2.05) is 123 Å². The number of carbonyl (C=O) groups excluding carboxylic acids is 3. The number of nitrogens with one attached hydrogen (secondary N) is 2. The molecule has 47 heavy (non-hydrogen) atoms. The fourth-order valence-electron chi connectivity index (χ4n) is 5.42. The summed E-state index contributed by atoms with van der Waals surface area (Å²) in [6.07, 6.45) is 1.65. The Morgan fingerprint density at radius 2 is 1.36 bits per heavy atom. The van der Waals surface area contributed by atoms with Crippen LogP contribution in [0.3, 0.4) is 0 Å². The molecule has 0 saturated heterocycles. The van der Waals surface area contributed by atoms with Gasteiger partial charge in [-0.1, -0.05) is 72.8 Å². The molecule has 1 unspecified atom stereocenters. The van der Waals surface area contributed by atoms with Gasteiger partial charge >= 0.3 is 0 Å². The molecule has 2 amide bonds. The third kappa shape index (κ3) is 6.98. The molecule has 0 saturated carbocycles. The van der Waals surface area contributed by atoms with Crippen molar-refractivity contribution in [2.24, 2.45) is 0 Å². The highest BCUT2D eigenvalue weighted by molar-refractivity contribution is 8.00. The number of anilines is 2. The first-order valence-electron chi connectivity index (χ1n) is 15.2. The molecule has 0 spiro atoms. The van der Waals surface area contributed by atoms with E-state index >= 15 is 0 Å². The standard InChI is InChI=1S/C39H34N4O3S/c1-26(39(46)43-35-18-9-7-16-32(35)33-17-8-10-19-36(33)43)47-31-15-11-14-29(25-31)40-38(45)34(41-37(44)28-12-5-4-6-13-28)24-27-20-22-30(23-21-27)42(2)3/h4-26H,1-3H3,(H,40,45)(H,41,44)/b34-24+. The number of benzene rings is 5. The highest BCUT2D eigenvalue weighted by Crippen LogP contribution is 2.32. The summed E-state index contributed by atoms with van der Waals surface area (Å²) in [7, 11) is 3.91. The lowest BCUT2D eigenvalue weighted by Gasteiger charge is -2.15. The van der Waals surface area contributed by atoms with Crippen molar-refractivity contribution in [3.8, 4) is 0 Å². The molecular formula is C39H34N4O3S. The van der Waals surface area contributed by atoms with Crippen LogP contribution in [0.25, 0.3) is 27.9 Å². The Hall–Kier alpha value is -5.60. The fourth-order valence-corrected chi connectivity index (χ4v) is 6.39. The van der Waals surface area contributed by atoms with Gasteiger partial charge in [-0.2, -0.15) is 0 Å². The molecule has 0 aliphatic rings. The molecule has 234 valence electrons. The van der Waals surface area contributed by atoms with Gasteiger partial charge in [-0.15, -0.1) is 11.8 Å². The number of aromatic nitrogens is 1. The molecule has 1 aromatic heterocycles. The van der Waals surface area contributed by atoms with E-state index in [1.54, 1.807) is 41.0 Å². The van der Waals surface area contributed by atoms with Crippen LogP contribution in [0.2, 0.25) is 0 Å². The van der Waals surface area contributed by atoms with Gasteiger partial charge in [0.05, 0.1) is 16.3 Å². The van der Waals surface area contributed by atoms with E-state index in [0.29, 0.717) is 11.3 Å². The van der Waals surface area contributed by atoms with E-state index in [2.05, 4.69) is 10.6 Å². The maximum absolute atomic E-state index is 13.9. The quantitative estimate of drug-likeness (QED) is 0.124. The van der Waals surface area contributed by atoms with Gasteiger partial charge in [0.25, 0.3) is 11.8 Å². The van der Waals surface area contributed by atoms with Crippen molar-refractivity contribution in [2.75, 3.05) is 24.3 Å². The van der Waals surface area contributed by atoms with Crippen molar-refractivity contribution >= 4 is 68.7 Å². The third-order valence-corrected chi connectivity index (χ3v) is 8.88. The number of rotatable bonds is 9. The summed E-state index contributed by atoms with van der Waals surface area (Å²) in [5.74, 6) is -0.892. The monoisotopic (exact) mass is 638 g/mol. The van der Waals surface area contributed by atoms with Crippen LogP contribution in [0.1, 0.15) is 27.6 Å². The van der Waals surface area contributed by atoms with Gasteiger partial charge in [0.15, 0.2) is 0 Å². The topological polar surface area (TPSA) is 83.4 Å². The van der Waals surface area contributed by atoms with Crippen molar-refractivity contribution in [3.63, 3.8) is 0 Å². The zero-order valence-electron chi connectivity index (χ0n) is 26.3. The second-order valence-electron chi connectivity index (χ2n) is 11.3. The molecule has 0 bridgehead atoms. The third-order valence-electron chi connectivity index (χ3n) is 7.80. The molecule has 7 nitrogen and oxygen atoms in total. The average molecular weight is 639 g/mol. The van der Waals surface area contributed by atoms with Gasteiger partial charge in [0.2, 0.25) is 5.91 Å². The van der Waals surface area contributed by atoms with Crippen LogP contribution in [0, 0.1) is 0 Å². The van der Waals surface area contributed by atoms with Crippen molar-refractivity contribution in [2.45, 2.75) is 17.1 Å². The van der Waals surface area contributed by atoms with Gasteiger partial charge in [-0.05, 0) is 73.2 Å². The number of hydrogen-bond acceptors (Lipinski definition) is 5. The predicted octanol–water partition coefficient (Wildman–Crippen LogP) is 8.09. The van der Waals surface area contributed by atoms with Crippen molar-refractivity contribution in [1.29, 1.82) is 0 Å². The molecule has 2 N–H and O–H groups in total. The van der Waals surface area contributed by atoms with Crippen LogP contribution in [-0.4, -0.2) is 41.6 Å². The first kappa shape index (κ1) is 31.4. The van der Waals surface area contributed by atoms with Gasteiger partial charge in [-0.3, -0.25) is 19.0 Å². The van der Waals surface area contributed by atoms with Crippen LogP contribution >= 0.6 is 11.8 Å². The molecule has 5 aromatic carbocycles. The molecule has 6 aromatic rings. The van der Waals surface area contributed by atoms with Crippen molar-refractivity contribution < 1.29 is 14.4 Å². The maximum Gasteiger partial charge on any atom is 0.272 e. The highest BCUT2D eigenvalue weighted by Gasteiger charge is 2.22. The molecule has 0 fully saturated rings. The van der Waals surface area contributed by atoms with Gasteiger partial charge in [-0.25, -0.2) is 0 Å². The SMILES string of the molecule is CC(Sc1cccc(NC(=O)/C(=C\c2ccc(N(C)C)cc2)NC(=O)c2ccccc2)c1)C(=O)n1c2ccccc2c2ccccc21. The van der Waals surface area contributed by atoms with Crippen LogP contribution in [-0.2, 0) is 4.79 Å². The smallest absolute Gasteiger partial charge is 0.272 e. The zero-order valence-corrected chi connectivity index (χ0v) is 27.1. The fraction of sp³-hybridized carbons (Fsp3) is 0.103. The lowest BCUT2D eigenvalue weighted by Crippen LogP contribution is -2.30. The van der Waals surface area contributed by atoms with Crippen LogP contribution < -0.4 is 15.5 Å². The van der Waals surface area contributed by atoms with E-state index in [9.17, 15) is 14.4 Å². The normalized spacial score (nSPS) is 12.1. The van der Waals surface area contributed by atoms with Gasteiger partial charge in [0, 0.05) is 46.7 Å². The summed E-state index contributed by atoms with van der Waals surface area (Å²) in [5.41, 5.74) is 4.61. The Morgan fingerprint density at radius 3 is 2.00 bits per heavy atom. The lowest BCUT2D eigenvalue weighted by atomic mass is 10.1. The number of thioether (sulfide) groups is 1. The number of hydrogen-bond donors (Lipinski definition) is 2. The van der Waals surface area contributed by atoms with Crippen LogP contribution in [0.15, 0.2) is 138 Å². The summed E-state index contributed by atoms with van der Waals surface area (Å²) in [5, 5.41) is 7.39. The Bertz CT molecular complexity index is 2060. The Labute approximate surface area is 277 Å². The molecule has 1 heterocycles. The van der Waals surface area contributed by atoms with E-state index < -0.39 is 17.1 Å². The molecule has 1 atom stereocenters. The largest absolute Gasteiger partial charge is 0.378 e. The molecule has 0 aliphatic carbocycles. The Balaban J connectivity index is 1.22. The molecule has 0 radical (unpaired) electrons. The number of nitrogens with zero attached hydrogens (tertiary/aromatic N) is 2. The number of para-hydroxylation sites is 2. The number of amides is 2. The molecule has 0 aliphatic heterocycles. The second-order valence-corrected chi connectivity index (χ2v) is 12.7. The highest BCUT2D eigenvalue weighted by atomic mass is 32.2. The zero-order chi connectivity index (χ0) is 32.9. The van der Waals surface area contributed by atoms with Crippen LogP contribution in [0.5, 0.6) is 0 Å². The summed E-state index contributed by atoms with van der Waals surface area (Å²) in [6.45, 7) is 1.89. The van der Waals surface area contributed by atoms with Gasteiger partial charge < -0.3 is 15.5 Å². The first-order chi connectivity index (χ1) is 22.8. The van der Waals surface area contributed by atoms with E-state index in [-0.39, 0.29) is 11.6 Å².